The molecule has 0 spiro atoms. The van der Waals surface area contributed by atoms with Crippen molar-refractivity contribution in [2.24, 2.45) is 0 Å². The maximum absolute atomic E-state index is 13.4. The molecule has 0 fully saturated rings. The maximum atomic E-state index is 13.4. The van der Waals surface area contributed by atoms with Crippen molar-refractivity contribution in [2.75, 3.05) is 19.0 Å². The summed E-state index contributed by atoms with van der Waals surface area (Å²) in [6.45, 7) is 13.8. The Labute approximate surface area is 247 Å². The van der Waals surface area contributed by atoms with E-state index in [0.717, 1.165) is 11.1 Å². The van der Waals surface area contributed by atoms with Crippen LogP contribution in [0.2, 0.25) is 0 Å². The number of hydrogen-bond acceptors (Lipinski definition) is 8. The average Bonchev–Trinajstić information content (AvgIpc) is 3.22. The van der Waals surface area contributed by atoms with Crippen LogP contribution in [0.1, 0.15) is 71.4 Å². The number of halogens is 1. The largest absolute Gasteiger partial charge is 1.00 e. The van der Waals surface area contributed by atoms with Gasteiger partial charge in [0.1, 0.15) is 18.0 Å². The van der Waals surface area contributed by atoms with Gasteiger partial charge in [-0.15, -0.1) is 16.8 Å². The fraction of sp³-hybridized carbons (Fsp3) is 0.560. The third kappa shape index (κ3) is 8.96. The molecule has 1 aliphatic heterocycles. The molecule has 0 radical (unpaired) electrons. The first kappa shape index (κ1) is 33.9. The number of carbonyl (C=O) groups excluding carboxylic acids is 2. The first-order chi connectivity index (χ1) is 17.2. The number of anilines is 1. The number of carbonyl (C=O) groups is 1. The molecule has 10 nitrogen and oxygen atoms in total. The number of fused-ring (bicyclic) bond motifs is 1. The third-order valence-electron chi connectivity index (χ3n) is 5.55. The number of amides is 2. The molecule has 0 saturated heterocycles. The van der Waals surface area contributed by atoms with Gasteiger partial charge in [0.15, 0.2) is 5.88 Å². The molecule has 206 valence electrons. The first-order valence-electron chi connectivity index (χ1n) is 11.9. The summed E-state index contributed by atoms with van der Waals surface area (Å²) in [5.41, 5.74) is 1.74. The summed E-state index contributed by atoms with van der Waals surface area (Å²) in [6, 6.07) is 2.66. The van der Waals surface area contributed by atoms with E-state index in [2.05, 4.69) is 10.4 Å². The number of likely N-dealkylation sites (N-methyl/N-ethyl adjacent to an activating group) is 1. The Morgan fingerprint density at radius 2 is 1.79 bits per heavy atom. The number of hydrogen-bond donors (Lipinski definition) is 1. The SMILES string of the molecule is CC(C)c1cc(F)cc(C(C)C)c1N[C-]=O.CN(C(=O)OC(C)(C)C)[C@H]1COc2c([S-](=O)=O)cnn2C1.[Na+]. The van der Waals surface area contributed by atoms with Gasteiger partial charge in [-0.1, -0.05) is 27.7 Å². The molecule has 2 amide bonds. The van der Waals surface area contributed by atoms with Gasteiger partial charge in [0.25, 0.3) is 0 Å². The third-order valence-corrected chi connectivity index (χ3v) is 6.19. The minimum atomic E-state index is -2.39. The van der Waals surface area contributed by atoms with E-state index < -0.39 is 22.4 Å². The second kappa shape index (κ2) is 14.3. The Bertz CT molecular complexity index is 1160. The Morgan fingerprint density at radius 3 is 2.24 bits per heavy atom. The van der Waals surface area contributed by atoms with E-state index in [9.17, 15) is 22.4 Å². The van der Waals surface area contributed by atoms with Gasteiger partial charge in [0.05, 0.1) is 19.0 Å². The van der Waals surface area contributed by atoms with Gasteiger partial charge in [0, 0.05) is 18.1 Å². The molecule has 0 bridgehead atoms. The molecule has 1 aromatic carbocycles. The molecule has 1 aromatic heterocycles. The minimum absolute atomic E-state index is 0. The van der Waals surface area contributed by atoms with E-state index in [0.29, 0.717) is 12.2 Å². The fourth-order valence-corrected chi connectivity index (χ4v) is 4.09. The molecule has 0 aliphatic carbocycles. The summed E-state index contributed by atoms with van der Waals surface area (Å²) >= 11 is 0. The molecule has 3 rings (SSSR count). The second-order valence-electron chi connectivity index (χ2n) is 10.3. The number of nitrogens with zero attached hydrogens (tertiary/aromatic N) is 3. The first-order valence-corrected chi connectivity index (χ1v) is 12.9. The maximum Gasteiger partial charge on any atom is 1.00 e. The van der Waals surface area contributed by atoms with Crippen LogP contribution in [-0.4, -0.2) is 52.5 Å². The van der Waals surface area contributed by atoms with E-state index in [4.69, 9.17) is 9.47 Å². The average molecular weight is 562 g/mol. The standard InChI is InChI=1S/C13H17FNO.C12H18N3O5S.Na/c1-8(2)11-5-10(14)6-12(9(3)4)13(11)15-7-16;1-12(2,3)20-11(16)14(4)8-6-15-10(19-7-8)9(5-13-15)21(17)18;/h5-6,8-9H,1-4H3,(H,15,16);5,8H,6-7H2,1-4H3;/q2*-1;+1/t;8-;/m.1./s1. The van der Waals surface area contributed by atoms with Gasteiger partial charge in [0.2, 0.25) is 0 Å². The van der Waals surface area contributed by atoms with Gasteiger partial charge < -0.3 is 32.9 Å². The number of aromatic nitrogens is 2. The van der Waals surface area contributed by atoms with Gasteiger partial charge in [-0.05, 0) is 55.4 Å². The van der Waals surface area contributed by atoms with Crippen LogP contribution in [0.5, 0.6) is 5.88 Å². The Kier molecular flexibility index (Phi) is 12.7. The van der Waals surface area contributed by atoms with E-state index in [1.807, 2.05) is 27.7 Å². The molecule has 2 aromatic rings. The molecule has 0 saturated carbocycles. The molecular weight excluding hydrogens is 526 g/mol. The summed E-state index contributed by atoms with van der Waals surface area (Å²) in [5, 5.41) is 6.53. The van der Waals surface area contributed by atoms with Crippen LogP contribution in [0.25, 0.3) is 0 Å². The van der Waals surface area contributed by atoms with Crippen molar-refractivity contribution in [2.45, 2.75) is 83.4 Å². The normalized spacial score (nSPS) is 14.6. The van der Waals surface area contributed by atoms with Crippen molar-refractivity contribution in [3.8, 4) is 5.88 Å². The monoisotopic (exact) mass is 561 g/mol. The number of nitrogens with one attached hydrogen (secondary N) is 1. The van der Waals surface area contributed by atoms with Gasteiger partial charge >= 0.3 is 35.7 Å². The Morgan fingerprint density at radius 1 is 1.24 bits per heavy atom. The van der Waals surface area contributed by atoms with Crippen LogP contribution in [0.3, 0.4) is 0 Å². The Balaban J connectivity index is 0.000000384. The fourth-order valence-electron chi connectivity index (χ4n) is 3.65. The Hall–Kier alpha value is -2.15. The van der Waals surface area contributed by atoms with E-state index in [-0.39, 0.29) is 70.6 Å². The molecule has 1 atom stereocenters. The van der Waals surface area contributed by atoms with Crippen LogP contribution >= 0.6 is 0 Å². The molecule has 13 heteroatoms. The molecule has 38 heavy (non-hydrogen) atoms. The van der Waals surface area contributed by atoms with E-state index in [1.54, 1.807) is 34.2 Å². The molecule has 1 N–H and O–H groups in total. The summed E-state index contributed by atoms with van der Waals surface area (Å²) in [5.74, 6) is 0.258. The molecular formula is C25H35FN4NaO6S-. The smallest absolute Gasteiger partial charge is 0.490 e. The summed E-state index contributed by atoms with van der Waals surface area (Å²) in [4.78, 5) is 23.9. The van der Waals surface area contributed by atoms with Crippen molar-refractivity contribution in [3.05, 3.63) is 35.3 Å². The van der Waals surface area contributed by atoms with Crippen LogP contribution < -0.4 is 39.6 Å². The van der Waals surface area contributed by atoms with Gasteiger partial charge in [-0.25, -0.2) is 13.9 Å². The van der Waals surface area contributed by atoms with Crippen LogP contribution in [-0.2, 0) is 35.2 Å². The summed E-state index contributed by atoms with van der Waals surface area (Å²) in [6.07, 6.45) is 2.44. The predicted octanol–water partition coefficient (Wildman–Crippen LogP) is 1.73. The van der Waals surface area contributed by atoms with Crippen molar-refractivity contribution in [1.82, 2.24) is 14.7 Å². The van der Waals surface area contributed by atoms with Crippen LogP contribution in [0.15, 0.2) is 23.2 Å². The summed E-state index contributed by atoms with van der Waals surface area (Å²) in [7, 11) is -0.781. The van der Waals surface area contributed by atoms with Crippen molar-refractivity contribution >= 4 is 28.9 Å². The van der Waals surface area contributed by atoms with Crippen LogP contribution in [0, 0.1) is 5.82 Å². The number of ether oxygens (including phenoxy) is 2. The van der Waals surface area contributed by atoms with Gasteiger partial charge in [-0.3, -0.25) is 0 Å². The summed E-state index contributed by atoms with van der Waals surface area (Å²) < 4.78 is 47.6. The quantitative estimate of drug-likeness (QED) is 0.247. The number of rotatable bonds is 6. The topological polar surface area (TPSA) is 120 Å². The molecule has 0 unspecified atom stereocenters. The number of benzene rings is 1. The second-order valence-corrected chi connectivity index (χ2v) is 11.2. The van der Waals surface area contributed by atoms with Crippen molar-refractivity contribution < 1.29 is 61.4 Å². The van der Waals surface area contributed by atoms with Crippen LogP contribution in [0.4, 0.5) is 14.9 Å². The van der Waals surface area contributed by atoms with Gasteiger partial charge in [-0.2, -0.15) is 5.10 Å². The molecule has 1 aliphatic rings. The zero-order valence-corrected chi connectivity index (χ0v) is 26.3. The van der Waals surface area contributed by atoms with E-state index >= 15 is 0 Å². The molecule has 2 heterocycles. The zero-order chi connectivity index (χ0) is 28.1. The predicted molar refractivity (Wildman–Crippen MR) is 136 cm³/mol. The van der Waals surface area contributed by atoms with Crippen molar-refractivity contribution in [1.29, 1.82) is 0 Å². The van der Waals surface area contributed by atoms with Crippen molar-refractivity contribution in [3.63, 3.8) is 0 Å². The van der Waals surface area contributed by atoms with E-state index in [1.165, 1.54) is 27.9 Å². The minimum Gasteiger partial charge on any atom is -0.490 e. The zero-order valence-electron chi connectivity index (χ0n) is 23.5.